The Kier molecular flexibility index (Phi) is 4.56. The summed E-state index contributed by atoms with van der Waals surface area (Å²) in [6, 6.07) is 1.99. The molecule has 2 aromatic rings. The van der Waals surface area contributed by atoms with Gasteiger partial charge in [0.1, 0.15) is 5.69 Å². The van der Waals surface area contributed by atoms with Crippen LogP contribution in [-0.2, 0) is 13.6 Å². The fraction of sp³-hybridized carbons (Fsp3) is 0.286. The van der Waals surface area contributed by atoms with E-state index in [9.17, 15) is 4.79 Å². The zero-order valence-electron chi connectivity index (χ0n) is 11.5. The molecule has 2 rings (SSSR count). The molecule has 2 N–H and O–H groups in total. The number of thiophene rings is 1. The number of amides is 1. The van der Waals surface area contributed by atoms with Crippen LogP contribution in [0.3, 0.4) is 0 Å². The molecule has 0 radical (unpaired) electrons. The molecule has 2 heterocycles. The molecule has 104 valence electrons. The molecule has 5 nitrogen and oxygen atoms in total. The SMILES string of the molecule is CN(Cc1cc(C#CCN)cs1)C(=O)c1cncn1C. The lowest BCUT2D eigenvalue weighted by molar-refractivity contribution is 0.0777. The van der Waals surface area contributed by atoms with Gasteiger partial charge in [0.15, 0.2) is 0 Å². The molecule has 0 fully saturated rings. The Morgan fingerprint density at radius 3 is 3.05 bits per heavy atom. The molecule has 0 bridgehead atoms. The molecular weight excluding hydrogens is 272 g/mol. The molecule has 0 unspecified atom stereocenters. The van der Waals surface area contributed by atoms with Crippen molar-refractivity contribution in [1.82, 2.24) is 14.5 Å². The van der Waals surface area contributed by atoms with E-state index in [1.54, 1.807) is 47.4 Å². The molecule has 0 atom stereocenters. The van der Waals surface area contributed by atoms with E-state index in [0.717, 1.165) is 10.4 Å². The summed E-state index contributed by atoms with van der Waals surface area (Å²) in [6.07, 6.45) is 3.19. The molecule has 0 aliphatic rings. The second-order valence-corrected chi connectivity index (χ2v) is 5.35. The second kappa shape index (κ2) is 6.37. The van der Waals surface area contributed by atoms with Gasteiger partial charge in [0.25, 0.3) is 5.91 Å². The van der Waals surface area contributed by atoms with E-state index in [-0.39, 0.29) is 5.91 Å². The van der Waals surface area contributed by atoms with Gasteiger partial charge in [-0.2, -0.15) is 0 Å². The molecule has 6 heteroatoms. The minimum absolute atomic E-state index is 0.0482. The molecule has 0 aliphatic heterocycles. The summed E-state index contributed by atoms with van der Waals surface area (Å²) in [4.78, 5) is 19.0. The zero-order chi connectivity index (χ0) is 14.5. The Morgan fingerprint density at radius 2 is 2.40 bits per heavy atom. The number of carbonyl (C=O) groups is 1. The Hall–Kier alpha value is -2.10. The number of nitrogens with two attached hydrogens (primary N) is 1. The first kappa shape index (κ1) is 14.3. The first-order valence-corrected chi connectivity index (χ1v) is 6.98. The standard InChI is InChI=1S/C14H16N4OS/c1-17(14(19)13-7-16-10-18(13)2)8-12-6-11(9-20-12)4-3-5-15/h6-7,9-10H,5,8,15H2,1-2H3. The third-order valence-electron chi connectivity index (χ3n) is 2.76. The van der Waals surface area contributed by atoms with Crippen molar-refractivity contribution in [3.05, 3.63) is 40.1 Å². The summed E-state index contributed by atoms with van der Waals surface area (Å²) < 4.78 is 1.71. The lowest BCUT2D eigenvalue weighted by Gasteiger charge is -2.16. The summed E-state index contributed by atoms with van der Waals surface area (Å²) in [5.74, 6) is 5.75. The fourth-order valence-corrected chi connectivity index (χ4v) is 2.62. The number of aromatic nitrogens is 2. The van der Waals surface area contributed by atoms with Crippen LogP contribution in [0, 0.1) is 11.8 Å². The average Bonchev–Trinajstić information content (AvgIpc) is 3.04. The fourth-order valence-electron chi connectivity index (χ4n) is 1.75. The summed E-state index contributed by atoms with van der Waals surface area (Å²) in [7, 11) is 3.58. The van der Waals surface area contributed by atoms with E-state index >= 15 is 0 Å². The van der Waals surface area contributed by atoms with Gasteiger partial charge in [0, 0.05) is 29.9 Å². The number of hydrogen-bond donors (Lipinski definition) is 1. The van der Waals surface area contributed by atoms with Gasteiger partial charge in [-0.05, 0) is 6.07 Å². The lowest BCUT2D eigenvalue weighted by Crippen LogP contribution is -2.27. The van der Waals surface area contributed by atoms with Gasteiger partial charge in [0.2, 0.25) is 0 Å². The highest BCUT2D eigenvalue weighted by Gasteiger charge is 2.15. The van der Waals surface area contributed by atoms with Crippen LogP contribution in [-0.4, -0.2) is 34.0 Å². The number of aryl methyl sites for hydroxylation is 1. The first-order chi connectivity index (χ1) is 9.61. The van der Waals surface area contributed by atoms with Gasteiger partial charge in [-0.15, -0.1) is 11.3 Å². The van der Waals surface area contributed by atoms with Gasteiger partial charge in [0.05, 0.1) is 25.6 Å². The molecule has 1 amide bonds. The normalized spacial score (nSPS) is 9.95. The maximum absolute atomic E-state index is 12.2. The number of rotatable bonds is 3. The molecule has 0 spiro atoms. The summed E-state index contributed by atoms with van der Waals surface area (Å²) in [5.41, 5.74) is 6.86. The van der Waals surface area contributed by atoms with Gasteiger partial charge in [-0.1, -0.05) is 11.8 Å². The number of hydrogen-bond acceptors (Lipinski definition) is 4. The van der Waals surface area contributed by atoms with Crippen LogP contribution in [0.5, 0.6) is 0 Å². The van der Waals surface area contributed by atoms with Crippen molar-refractivity contribution in [2.45, 2.75) is 6.54 Å². The highest BCUT2D eigenvalue weighted by Crippen LogP contribution is 2.16. The van der Waals surface area contributed by atoms with Gasteiger partial charge in [-0.25, -0.2) is 4.98 Å². The molecule has 0 aliphatic carbocycles. The predicted octanol–water partition coefficient (Wildman–Crippen LogP) is 1.06. The zero-order valence-corrected chi connectivity index (χ0v) is 12.3. The molecule has 20 heavy (non-hydrogen) atoms. The first-order valence-electron chi connectivity index (χ1n) is 6.10. The van der Waals surface area contributed by atoms with Crippen molar-refractivity contribution in [3.8, 4) is 11.8 Å². The van der Waals surface area contributed by atoms with Gasteiger partial charge >= 0.3 is 0 Å². The lowest BCUT2D eigenvalue weighted by atomic mass is 10.3. The molecule has 0 saturated heterocycles. The van der Waals surface area contributed by atoms with E-state index in [1.807, 2.05) is 11.4 Å². The Morgan fingerprint density at radius 1 is 1.60 bits per heavy atom. The van der Waals surface area contributed by atoms with Crippen molar-refractivity contribution in [2.24, 2.45) is 12.8 Å². The van der Waals surface area contributed by atoms with Crippen LogP contribution < -0.4 is 5.73 Å². The van der Waals surface area contributed by atoms with Crippen LogP contribution >= 0.6 is 11.3 Å². The summed E-state index contributed by atoms with van der Waals surface area (Å²) >= 11 is 1.59. The van der Waals surface area contributed by atoms with Crippen molar-refractivity contribution in [3.63, 3.8) is 0 Å². The van der Waals surface area contributed by atoms with E-state index in [0.29, 0.717) is 18.8 Å². The Balaban J connectivity index is 2.04. The molecular formula is C14H16N4OS. The largest absolute Gasteiger partial charge is 0.335 e. The third kappa shape index (κ3) is 3.26. The Labute approximate surface area is 122 Å². The van der Waals surface area contributed by atoms with Crippen molar-refractivity contribution in [1.29, 1.82) is 0 Å². The summed E-state index contributed by atoms with van der Waals surface area (Å²) in [6.45, 7) is 0.906. The van der Waals surface area contributed by atoms with Crippen LogP contribution in [0.25, 0.3) is 0 Å². The summed E-state index contributed by atoms with van der Waals surface area (Å²) in [5, 5.41) is 1.97. The number of carbonyl (C=O) groups excluding carboxylic acids is 1. The number of imidazole rings is 1. The third-order valence-corrected chi connectivity index (χ3v) is 3.69. The van der Waals surface area contributed by atoms with E-state index < -0.39 is 0 Å². The topological polar surface area (TPSA) is 64.2 Å². The molecule has 2 aromatic heterocycles. The maximum Gasteiger partial charge on any atom is 0.272 e. The van der Waals surface area contributed by atoms with E-state index in [2.05, 4.69) is 16.8 Å². The van der Waals surface area contributed by atoms with Crippen LogP contribution in [0.1, 0.15) is 20.9 Å². The monoisotopic (exact) mass is 288 g/mol. The highest BCUT2D eigenvalue weighted by molar-refractivity contribution is 7.10. The minimum atomic E-state index is -0.0482. The van der Waals surface area contributed by atoms with Crippen LogP contribution in [0.4, 0.5) is 0 Å². The molecule has 0 saturated carbocycles. The van der Waals surface area contributed by atoms with E-state index in [4.69, 9.17) is 5.73 Å². The van der Waals surface area contributed by atoms with Crippen molar-refractivity contribution < 1.29 is 4.79 Å². The van der Waals surface area contributed by atoms with Gasteiger partial charge in [-0.3, -0.25) is 4.79 Å². The van der Waals surface area contributed by atoms with E-state index in [1.165, 1.54) is 0 Å². The number of nitrogens with zero attached hydrogens (tertiary/aromatic N) is 3. The maximum atomic E-state index is 12.2. The average molecular weight is 288 g/mol. The quantitative estimate of drug-likeness (QED) is 0.859. The smallest absolute Gasteiger partial charge is 0.272 e. The predicted molar refractivity (Wildman–Crippen MR) is 79.3 cm³/mol. The Bertz CT molecular complexity index is 662. The minimum Gasteiger partial charge on any atom is -0.335 e. The van der Waals surface area contributed by atoms with Crippen molar-refractivity contribution in [2.75, 3.05) is 13.6 Å². The van der Waals surface area contributed by atoms with Crippen molar-refractivity contribution >= 4 is 17.2 Å². The molecule has 0 aromatic carbocycles. The van der Waals surface area contributed by atoms with Gasteiger partial charge < -0.3 is 15.2 Å². The van der Waals surface area contributed by atoms with Crippen LogP contribution in [0.15, 0.2) is 24.0 Å². The highest BCUT2D eigenvalue weighted by atomic mass is 32.1. The second-order valence-electron chi connectivity index (χ2n) is 4.36. The van der Waals surface area contributed by atoms with Crippen LogP contribution in [0.2, 0.25) is 0 Å².